The highest BCUT2D eigenvalue weighted by Gasteiger charge is 2.34. The predicted molar refractivity (Wildman–Crippen MR) is 101 cm³/mol. The molecule has 8 heteroatoms. The molecule has 5 nitrogen and oxygen atoms in total. The summed E-state index contributed by atoms with van der Waals surface area (Å²) in [5.74, 6) is 0.563. The van der Waals surface area contributed by atoms with Gasteiger partial charge in [0.15, 0.2) is 0 Å². The van der Waals surface area contributed by atoms with Gasteiger partial charge in [0.1, 0.15) is 11.9 Å². The van der Waals surface area contributed by atoms with Crippen LogP contribution in [-0.4, -0.2) is 20.6 Å². The Morgan fingerprint density at radius 3 is 2.20 bits per heavy atom. The van der Waals surface area contributed by atoms with Crippen molar-refractivity contribution < 1.29 is 4.92 Å². The number of non-ortho nitro benzene ring substituents is 1. The van der Waals surface area contributed by atoms with Crippen molar-refractivity contribution >= 4 is 52.0 Å². The minimum absolute atomic E-state index is 0.00929. The van der Waals surface area contributed by atoms with Gasteiger partial charge < -0.3 is 5.32 Å². The van der Waals surface area contributed by atoms with E-state index in [-0.39, 0.29) is 5.69 Å². The van der Waals surface area contributed by atoms with Gasteiger partial charge in [0.25, 0.3) is 5.69 Å². The van der Waals surface area contributed by atoms with E-state index in [2.05, 4.69) is 10.3 Å². The molecular weight excluding hydrogens is 385 g/mol. The standard InChI is InChI=1S/C17H12Cl3N3O2/c18-17(19,20)15-10-14(11-6-8-13(9-7-11)23(24)25)21-16(22-15)12-4-2-1-3-5-12/h1-10,15H,(H,21,22). The molecule has 0 bridgehead atoms. The summed E-state index contributed by atoms with van der Waals surface area (Å²) in [4.78, 5) is 14.8. The Labute approximate surface area is 159 Å². The number of nitrogens with zero attached hydrogens (tertiary/aromatic N) is 2. The molecule has 1 N–H and O–H groups in total. The zero-order valence-corrected chi connectivity index (χ0v) is 15.0. The van der Waals surface area contributed by atoms with Crippen LogP contribution in [0.25, 0.3) is 5.70 Å². The summed E-state index contributed by atoms with van der Waals surface area (Å²) in [5.41, 5.74) is 2.25. The van der Waals surface area contributed by atoms with E-state index in [0.29, 0.717) is 11.5 Å². The quantitative estimate of drug-likeness (QED) is 0.463. The third kappa shape index (κ3) is 4.12. The molecule has 0 saturated carbocycles. The van der Waals surface area contributed by atoms with E-state index < -0.39 is 14.8 Å². The van der Waals surface area contributed by atoms with Crippen LogP contribution < -0.4 is 5.32 Å². The molecule has 0 saturated heterocycles. The highest BCUT2D eigenvalue weighted by Crippen LogP contribution is 2.36. The van der Waals surface area contributed by atoms with Crippen LogP contribution in [0.4, 0.5) is 5.69 Å². The highest BCUT2D eigenvalue weighted by atomic mass is 35.6. The van der Waals surface area contributed by atoms with E-state index >= 15 is 0 Å². The minimum Gasteiger partial charge on any atom is -0.340 e. The average Bonchev–Trinajstić information content (AvgIpc) is 2.61. The first-order valence-electron chi connectivity index (χ1n) is 7.28. The lowest BCUT2D eigenvalue weighted by molar-refractivity contribution is -0.384. The summed E-state index contributed by atoms with van der Waals surface area (Å²) in [7, 11) is 0. The summed E-state index contributed by atoms with van der Waals surface area (Å²) in [6, 6.07) is 14.9. The second-order valence-corrected chi connectivity index (χ2v) is 7.71. The lowest BCUT2D eigenvalue weighted by Crippen LogP contribution is -2.34. The van der Waals surface area contributed by atoms with Crippen LogP contribution in [0.5, 0.6) is 0 Å². The van der Waals surface area contributed by atoms with Gasteiger partial charge in [-0.2, -0.15) is 0 Å². The van der Waals surface area contributed by atoms with E-state index in [9.17, 15) is 10.1 Å². The Morgan fingerprint density at radius 1 is 1.00 bits per heavy atom. The summed E-state index contributed by atoms with van der Waals surface area (Å²) in [6.07, 6.45) is 1.70. The summed E-state index contributed by atoms with van der Waals surface area (Å²) in [6.45, 7) is 0. The van der Waals surface area contributed by atoms with Crippen LogP contribution in [0, 0.1) is 10.1 Å². The molecule has 0 spiro atoms. The van der Waals surface area contributed by atoms with Gasteiger partial charge in [-0.3, -0.25) is 15.1 Å². The second-order valence-electron chi connectivity index (χ2n) is 5.34. The first-order valence-corrected chi connectivity index (χ1v) is 8.41. The Balaban J connectivity index is 1.99. The molecule has 1 heterocycles. The van der Waals surface area contributed by atoms with Crippen molar-refractivity contribution in [1.29, 1.82) is 0 Å². The van der Waals surface area contributed by atoms with Gasteiger partial charge >= 0.3 is 0 Å². The van der Waals surface area contributed by atoms with Gasteiger partial charge in [0.2, 0.25) is 3.79 Å². The molecule has 1 aliphatic heterocycles. The van der Waals surface area contributed by atoms with E-state index in [0.717, 1.165) is 11.1 Å². The number of nitro groups is 1. The van der Waals surface area contributed by atoms with Crippen LogP contribution >= 0.6 is 34.8 Å². The van der Waals surface area contributed by atoms with Crippen molar-refractivity contribution in [2.45, 2.75) is 9.83 Å². The summed E-state index contributed by atoms with van der Waals surface area (Å²) < 4.78 is -1.62. The maximum absolute atomic E-state index is 10.8. The SMILES string of the molecule is O=[N+]([O-])c1ccc(C2=CC(C(Cl)(Cl)Cl)N=C(c3ccccc3)N2)cc1. The number of halogens is 3. The van der Waals surface area contributed by atoms with Gasteiger partial charge in [0.05, 0.1) is 4.92 Å². The molecule has 25 heavy (non-hydrogen) atoms. The Hall–Kier alpha value is -2.08. The molecule has 0 aromatic heterocycles. The molecule has 0 amide bonds. The van der Waals surface area contributed by atoms with E-state index in [1.807, 2.05) is 30.3 Å². The molecule has 2 aromatic rings. The van der Waals surface area contributed by atoms with Crippen LogP contribution in [-0.2, 0) is 0 Å². The molecule has 3 rings (SSSR count). The zero-order chi connectivity index (χ0) is 18.0. The lowest BCUT2D eigenvalue weighted by Gasteiger charge is -2.26. The number of benzene rings is 2. The normalized spacial score (nSPS) is 17.3. The number of aliphatic imine (C=N–C) groups is 1. The molecule has 1 unspecified atom stereocenters. The maximum atomic E-state index is 10.8. The minimum atomic E-state index is -1.62. The largest absolute Gasteiger partial charge is 0.340 e. The molecule has 0 radical (unpaired) electrons. The van der Waals surface area contributed by atoms with Gasteiger partial charge in [-0.15, -0.1) is 0 Å². The molecule has 0 fully saturated rings. The Kier molecular flexibility index (Phi) is 4.99. The average molecular weight is 397 g/mol. The fourth-order valence-corrected chi connectivity index (χ4v) is 2.71. The number of hydrogen-bond acceptors (Lipinski definition) is 4. The first-order chi connectivity index (χ1) is 11.8. The van der Waals surface area contributed by atoms with E-state index in [1.165, 1.54) is 12.1 Å². The second kappa shape index (κ2) is 7.04. The molecule has 128 valence electrons. The Morgan fingerprint density at radius 2 is 1.64 bits per heavy atom. The molecular formula is C17H12Cl3N3O2. The number of rotatable bonds is 3. The van der Waals surface area contributed by atoms with Crippen molar-refractivity contribution in [3.05, 3.63) is 81.9 Å². The first kappa shape index (κ1) is 17.7. The van der Waals surface area contributed by atoms with Crippen molar-refractivity contribution in [3.8, 4) is 0 Å². The van der Waals surface area contributed by atoms with Crippen LogP contribution in [0.2, 0.25) is 0 Å². The van der Waals surface area contributed by atoms with Crippen molar-refractivity contribution in [1.82, 2.24) is 5.32 Å². The predicted octanol–water partition coefficient (Wildman–Crippen LogP) is 4.72. The van der Waals surface area contributed by atoms with Crippen LogP contribution in [0.1, 0.15) is 11.1 Å². The summed E-state index contributed by atoms with van der Waals surface area (Å²) in [5, 5.41) is 14.0. The third-order valence-electron chi connectivity index (χ3n) is 3.62. The van der Waals surface area contributed by atoms with Crippen LogP contribution in [0.3, 0.4) is 0 Å². The van der Waals surface area contributed by atoms with Crippen molar-refractivity contribution in [2.24, 2.45) is 4.99 Å². The molecule has 0 aliphatic carbocycles. The molecule has 1 atom stereocenters. The maximum Gasteiger partial charge on any atom is 0.269 e. The van der Waals surface area contributed by atoms with E-state index in [4.69, 9.17) is 34.8 Å². The van der Waals surface area contributed by atoms with Gasteiger partial charge in [-0.1, -0.05) is 65.1 Å². The van der Waals surface area contributed by atoms with Crippen molar-refractivity contribution in [2.75, 3.05) is 0 Å². The smallest absolute Gasteiger partial charge is 0.269 e. The fraction of sp³-hybridized carbons (Fsp3) is 0.118. The number of alkyl halides is 3. The van der Waals surface area contributed by atoms with Gasteiger partial charge in [-0.25, -0.2) is 0 Å². The molecule has 2 aromatic carbocycles. The number of amidine groups is 1. The number of hydrogen-bond donors (Lipinski definition) is 1. The summed E-state index contributed by atoms with van der Waals surface area (Å²) >= 11 is 18.1. The van der Waals surface area contributed by atoms with E-state index in [1.54, 1.807) is 18.2 Å². The third-order valence-corrected chi connectivity index (χ3v) is 4.29. The topological polar surface area (TPSA) is 67.5 Å². The Bertz CT molecular complexity index is 844. The van der Waals surface area contributed by atoms with Gasteiger partial charge in [0, 0.05) is 23.4 Å². The zero-order valence-electron chi connectivity index (χ0n) is 12.7. The molecule has 1 aliphatic rings. The number of nitro benzene ring substituents is 1. The lowest BCUT2D eigenvalue weighted by atomic mass is 10.1. The van der Waals surface area contributed by atoms with Gasteiger partial charge in [-0.05, 0) is 23.8 Å². The highest BCUT2D eigenvalue weighted by molar-refractivity contribution is 6.68. The fourth-order valence-electron chi connectivity index (χ4n) is 2.38. The van der Waals surface area contributed by atoms with Crippen LogP contribution in [0.15, 0.2) is 65.7 Å². The van der Waals surface area contributed by atoms with Crippen molar-refractivity contribution in [3.63, 3.8) is 0 Å². The monoisotopic (exact) mass is 395 g/mol. The number of nitrogens with one attached hydrogen (secondary N) is 1.